The van der Waals surface area contributed by atoms with Gasteiger partial charge in [-0.3, -0.25) is 9.59 Å². The van der Waals surface area contributed by atoms with E-state index >= 15 is 0 Å². The Labute approximate surface area is 143 Å². The summed E-state index contributed by atoms with van der Waals surface area (Å²) in [5, 5.41) is 15.5. The highest BCUT2D eigenvalue weighted by molar-refractivity contribution is 5.80. The van der Waals surface area contributed by atoms with E-state index in [-0.39, 0.29) is 18.5 Å². The molecule has 1 aromatic carbocycles. The number of amides is 1. The highest BCUT2D eigenvalue weighted by atomic mass is 19.3. The Morgan fingerprint density at radius 1 is 1.24 bits per heavy atom. The summed E-state index contributed by atoms with van der Waals surface area (Å²) in [6.07, 6.45) is -0.419. The lowest BCUT2D eigenvalue weighted by Crippen LogP contribution is -2.31. The summed E-state index contributed by atoms with van der Waals surface area (Å²) in [5.41, 5.74) is 1.65. The van der Waals surface area contributed by atoms with E-state index in [0.29, 0.717) is 21.5 Å². The third-order valence-corrected chi connectivity index (χ3v) is 3.91. The van der Waals surface area contributed by atoms with Gasteiger partial charge in [0, 0.05) is 11.3 Å². The van der Waals surface area contributed by atoms with Gasteiger partial charge in [-0.1, -0.05) is 30.3 Å². The van der Waals surface area contributed by atoms with Crippen LogP contribution in [0.25, 0.3) is 0 Å². The first-order valence-corrected chi connectivity index (χ1v) is 7.68. The Kier molecular flexibility index (Phi) is 5.84. The number of aliphatic carboxylic acids is 1. The van der Waals surface area contributed by atoms with E-state index < -0.39 is 24.5 Å². The third kappa shape index (κ3) is 4.62. The van der Waals surface area contributed by atoms with E-state index in [1.54, 1.807) is 37.3 Å². The molecular formula is C17H19F2N3O3. The van der Waals surface area contributed by atoms with Crippen LogP contribution in [0.3, 0.4) is 0 Å². The number of nitrogens with zero attached hydrogens (tertiary/aromatic N) is 2. The van der Waals surface area contributed by atoms with Gasteiger partial charge in [0.1, 0.15) is 0 Å². The monoisotopic (exact) mass is 351 g/mol. The maximum Gasteiger partial charge on any atom is 0.333 e. The second-order valence-electron chi connectivity index (χ2n) is 5.68. The van der Waals surface area contributed by atoms with Crippen LogP contribution in [0.4, 0.5) is 8.78 Å². The first kappa shape index (κ1) is 18.6. The van der Waals surface area contributed by atoms with Crippen molar-refractivity contribution >= 4 is 11.9 Å². The van der Waals surface area contributed by atoms with Crippen molar-refractivity contribution in [2.24, 2.45) is 0 Å². The van der Waals surface area contributed by atoms with Gasteiger partial charge in [0.05, 0.1) is 24.6 Å². The van der Waals surface area contributed by atoms with Crippen LogP contribution in [-0.4, -0.2) is 26.8 Å². The molecule has 1 amide bonds. The minimum Gasteiger partial charge on any atom is -0.481 e. The quantitative estimate of drug-likeness (QED) is 0.803. The van der Waals surface area contributed by atoms with Crippen molar-refractivity contribution in [3.8, 4) is 0 Å². The van der Waals surface area contributed by atoms with E-state index in [1.807, 2.05) is 0 Å². The van der Waals surface area contributed by atoms with Crippen LogP contribution in [0.5, 0.6) is 0 Å². The molecule has 8 heteroatoms. The molecule has 0 fully saturated rings. The van der Waals surface area contributed by atoms with Crippen LogP contribution < -0.4 is 5.32 Å². The molecule has 0 saturated heterocycles. The van der Waals surface area contributed by atoms with E-state index in [2.05, 4.69) is 10.4 Å². The van der Waals surface area contributed by atoms with Crippen LogP contribution in [0.1, 0.15) is 41.5 Å². The molecule has 0 bridgehead atoms. The number of aryl methyl sites for hydroxylation is 1. The van der Waals surface area contributed by atoms with Gasteiger partial charge in [-0.15, -0.1) is 0 Å². The molecule has 0 aliphatic heterocycles. The number of hydrogen-bond donors (Lipinski definition) is 2. The largest absolute Gasteiger partial charge is 0.481 e. The molecule has 134 valence electrons. The highest BCUT2D eigenvalue weighted by Crippen LogP contribution is 2.21. The molecule has 6 nitrogen and oxygen atoms in total. The van der Waals surface area contributed by atoms with E-state index in [1.165, 1.54) is 6.92 Å². The zero-order valence-electron chi connectivity index (χ0n) is 13.9. The topological polar surface area (TPSA) is 84.2 Å². The molecular weight excluding hydrogens is 332 g/mol. The van der Waals surface area contributed by atoms with Crippen molar-refractivity contribution in [1.29, 1.82) is 0 Å². The number of hydrogen-bond acceptors (Lipinski definition) is 3. The first-order valence-electron chi connectivity index (χ1n) is 7.68. The fourth-order valence-electron chi connectivity index (χ4n) is 2.66. The Hall–Kier alpha value is -2.77. The summed E-state index contributed by atoms with van der Waals surface area (Å²) in [6, 6.07) is 8.03. The predicted molar refractivity (Wildman–Crippen MR) is 86.2 cm³/mol. The number of halogens is 2. The molecule has 1 atom stereocenters. The molecule has 0 spiro atoms. The van der Waals surface area contributed by atoms with Crippen molar-refractivity contribution in [3.63, 3.8) is 0 Å². The van der Waals surface area contributed by atoms with E-state index in [9.17, 15) is 18.4 Å². The van der Waals surface area contributed by atoms with Crippen molar-refractivity contribution < 1.29 is 23.5 Å². The fourth-order valence-corrected chi connectivity index (χ4v) is 2.66. The second kappa shape index (κ2) is 7.87. The summed E-state index contributed by atoms with van der Waals surface area (Å²) in [6.45, 7) is 0.251. The predicted octanol–water partition coefficient (Wildman–Crippen LogP) is 2.77. The fraction of sp³-hybridized carbons (Fsp3) is 0.353. The molecule has 0 aliphatic carbocycles. The molecule has 25 heavy (non-hydrogen) atoms. The molecule has 2 rings (SSSR count). The van der Waals surface area contributed by atoms with Crippen LogP contribution in [0, 0.1) is 13.8 Å². The molecule has 0 aliphatic rings. The van der Waals surface area contributed by atoms with Crippen molar-refractivity contribution in [1.82, 2.24) is 15.1 Å². The van der Waals surface area contributed by atoms with Crippen LogP contribution in [-0.2, 0) is 16.0 Å². The molecule has 1 aromatic heterocycles. The zero-order chi connectivity index (χ0) is 18.6. The molecule has 0 saturated carbocycles. The van der Waals surface area contributed by atoms with Gasteiger partial charge in [0.25, 0.3) is 0 Å². The first-order chi connectivity index (χ1) is 11.8. The summed E-state index contributed by atoms with van der Waals surface area (Å²) in [5.74, 6) is -1.50. The summed E-state index contributed by atoms with van der Waals surface area (Å²) >= 11 is 0. The van der Waals surface area contributed by atoms with Crippen molar-refractivity contribution in [3.05, 3.63) is 52.8 Å². The van der Waals surface area contributed by atoms with Gasteiger partial charge in [-0.2, -0.15) is 13.9 Å². The lowest BCUT2D eigenvalue weighted by atomic mass is 10.0. The average molecular weight is 351 g/mol. The smallest absolute Gasteiger partial charge is 0.333 e. The number of benzene rings is 1. The molecule has 0 radical (unpaired) electrons. The Morgan fingerprint density at radius 2 is 1.88 bits per heavy atom. The Balaban J connectivity index is 2.16. The number of carboxylic acid groups (broad SMARTS) is 1. The lowest BCUT2D eigenvalue weighted by molar-refractivity contribution is -0.137. The lowest BCUT2D eigenvalue weighted by Gasteiger charge is -2.17. The number of nitrogens with one attached hydrogen (secondary N) is 1. The Bertz CT molecular complexity index is 760. The van der Waals surface area contributed by atoms with E-state index in [0.717, 1.165) is 0 Å². The highest BCUT2D eigenvalue weighted by Gasteiger charge is 2.22. The second-order valence-corrected chi connectivity index (χ2v) is 5.68. The van der Waals surface area contributed by atoms with Gasteiger partial charge >= 0.3 is 12.5 Å². The number of carbonyl (C=O) groups excluding carboxylic acids is 1. The SMILES string of the molecule is Cc1nn(C(F)F)c(C)c1CC(=O)NC(CC(=O)O)c1ccccc1. The number of carbonyl (C=O) groups is 2. The van der Waals surface area contributed by atoms with Gasteiger partial charge in [0.2, 0.25) is 5.91 Å². The molecule has 2 N–H and O–H groups in total. The standard InChI is InChI=1S/C17H19F2N3O3/c1-10-13(11(2)22(21-10)17(18)19)8-15(23)20-14(9-16(24)25)12-6-4-3-5-7-12/h3-7,14,17H,8-9H2,1-2H3,(H,20,23)(H,24,25). The van der Waals surface area contributed by atoms with Gasteiger partial charge in [-0.25, -0.2) is 4.68 Å². The normalized spacial score (nSPS) is 12.2. The van der Waals surface area contributed by atoms with Crippen molar-refractivity contribution in [2.75, 3.05) is 0 Å². The number of carboxylic acids is 1. The van der Waals surface area contributed by atoms with Gasteiger partial charge < -0.3 is 10.4 Å². The summed E-state index contributed by atoms with van der Waals surface area (Å²) in [7, 11) is 0. The van der Waals surface area contributed by atoms with Crippen LogP contribution >= 0.6 is 0 Å². The van der Waals surface area contributed by atoms with Crippen LogP contribution in [0.15, 0.2) is 30.3 Å². The van der Waals surface area contributed by atoms with Gasteiger partial charge in [-0.05, 0) is 19.4 Å². The van der Waals surface area contributed by atoms with Gasteiger partial charge in [0.15, 0.2) is 0 Å². The summed E-state index contributed by atoms with van der Waals surface area (Å²) in [4.78, 5) is 23.4. The van der Waals surface area contributed by atoms with Crippen LogP contribution in [0.2, 0.25) is 0 Å². The molecule has 1 heterocycles. The minimum absolute atomic E-state index is 0.145. The Morgan fingerprint density at radius 3 is 2.40 bits per heavy atom. The third-order valence-electron chi connectivity index (χ3n) is 3.91. The maximum atomic E-state index is 12.9. The van der Waals surface area contributed by atoms with Crippen molar-refractivity contribution in [2.45, 2.75) is 39.3 Å². The van der Waals surface area contributed by atoms with E-state index in [4.69, 9.17) is 5.11 Å². The number of rotatable bonds is 7. The minimum atomic E-state index is -2.78. The molecule has 2 aromatic rings. The maximum absolute atomic E-state index is 12.9. The molecule has 1 unspecified atom stereocenters. The average Bonchev–Trinajstić information content (AvgIpc) is 2.83. The number of aromatic nitrogens is 2. The summed E-state index contributed by atoms with van der Waals surface area (Å²) < 4.78 is 26.3. The zero-order valence-corrected chi connectivity index (χ0v) is 13.9. The number of alkyl halides is 2.